The molecule has 1 rings (SSSR count). The number of ether oxygens (including phenoxy) is 1. The molecule has 0 saturated carbocycles. The van der Waals surface area contributed by atoms with Gasteiger partial charge in [0.2, 0.25) is 11.8 Å². The van der Waals surface area contributed by atoms with E-state index in [9.17, 15) is 9.59 Å². The van der Waals surface area contributed by atoms with Crippen molar-refractivity contribution in [3.8, 4) is 0 Å². The second kappa shape index (κ2) is 8.64. The minimum Gasteiger partial charge on any atom is -0.383 e. The summed E-state index contributed by atoms with van der Waals surface area (Å²) in [6, 6.07) is 6.66. The summed E-state index contributed by atoms with van der Waals surface area (Å²) < 4.78 is 4.88. The van der Waals surface area contributed by atoms with Crippen molar-refractivity contribution in [1.82, 2.24) is 10.2 Å². The number of nitrogens with one attached hydrogen (secondary N) is 1. The van der Waals surface area contributed by atoms with E-state index in [-0.39, 0.29) is 11.8 Å². The first-order chi connectivity index (χ1) is 9.95. The zero-order valence-corrected chi connectivity index (χ0v) is 13.3. The van der Waals surface area contributed by atoms with Crippen LogP contribution in [0.2, 0.25) is 5.02 Å². The second-order valence-electron chi connectivity index (χ2n) is 4.73. The average molecular weight is 313 g/mol. The van der Waals surface area contributed by atoms with Crippen LogP contribution in [0.4, 0.5) is 0 Å². The SMILES string of the molecule is COCCNC(=O)[C@H](C)N(Cc1ccc(Cl)cc1)C(C)=O. The minimum atomic E-state index is -0.546. The summed E-state index contributed by atoms with van der Waals surface area (Å²) in [6.45, 7) is 4.39. The van der Waals surface area contributed by atoms with Crippen molar-refractivity contribution in [3.05, 3.63) is 34.9 Å². The van der Waals surface area contributed by atoms with E-state index in [4.69, 9.17) is 16.3 Å². The molecule has 21 heavy (non-hydrogen) atoms. The fraction of sp³-hybridized carbons (Fsp3) is 0.467. The lowest BCUT2D eigenvalue weighted by atomic mass is 10.1. The lowest BCUT2D eigenvalue weighted by molar-refractivity contribution is -0.139. The van der Waals surface area contributed by atoms with Crippen LogP contribution in [0.3, 0.4) is 0 Å². The lowest BCUT2D eigenvalue weighted by Gasteiger charge is -2.27. The van der Waals surface area contributed by atoms with E-state index in [1.807, 2.05) is 12.1 Å². The molecule has 5 nitrogen and oxygen atoms in total. The van der Waals surface area contributed by atoms with E-state index < -0.39 is 6.04 Å². The maximum Gasteiger partial charge on any atom is 0.242 e. The van der Waals surface area contributed by atoms with E-state index in [1.165, 1.54) is 11.8 Å². The number of hydrogen-bond acceptors (Lipinski definition) is 3. The first kappa shape index (κ1) is 17.5. The predicted molar refractivity (Wildman–Crippen MR) is 82.0 cm³/mol. The summed E-state index contributed by atoms with van der Waals surface area (Å²) in [6.07, 6.45) is 0. The van der Waals surface area contributed by atoms with Crippen molar-refractivity contribution in [2.45, 2.75) is 26.4 Å². The fourth-order valence-electron chi connectivity index (χ4n) is 1.87. The van der Waals surface area contributed by atoms with Crippen molar-refractivity contribution in [3.63, 3.8) is 0 Å². The van der Waals surface area contributed by atoms with E-state index in [0.717, 1.165) is 5.56 Å². The van der Waals surface area contributed by atoms with Gasteiger partial charge in [-0.15, -0.1) is 0 Å². The standard InChI is InChI=1S/C15H21ClN2O3/c1-11(15(20)17-8-9-21-3)18(12(2)19)10-13-4-6-14(16)7-5-13/h4-7,11H,8-10H2,1-3H3,(H,17,20)/t11-/m0/s1. The molecule has 0 aromatic heterocycles. The van der Waals surface area contributed by atoms with Crippen LogP contribution in [0.25, 0.3) is 0 Å². The summed E-state index contributed by atoms with van der Waals surface area (Å²) >= 11 is 5.84. The predicted octanol–water partition coefficient (Wildman–Crippen LogP) is 1.84. The monoisotopic (exact) mass is 312 g/mol. The summed E-state index contributed by atoms with van der Waals surface area (Å²) in [5, 5.41) is 3.37. The Hall–Kier alpha value is -1.59. The molecule has 1 aromatic carbocycles. The Balaban J connectivity index is 2.69. The van der Waals surface area contributed by atoms with Crippen molar-refractivity contribution in [1.29, 1.82) is 0 Å². The van der Waals surface area contributed by atoms with Gasteiger partial charge in [0, 0.05) is 32.1 Å². The molecule has 1 atom stereocenters. The number of carbonyl (C=O) groups is 2. The number of methoxy groups -OCH3 is 1. The number of carbonyl (C=O) groups excluding carboxylic acids is 2. The Labute approximate surface area is 130 Å². The molecule has 0 aliphatic rings. The Kier molecular flexibility index (Phi) is 7.19. The summed E-state index contributed by atoms with van der Waals surface area (Å²) in [4.78, 5) is 25.3. The van der Waals surface area contributed by atoms with Gasteiger partial charge in [0.1, 0.15) is 6.04 Å². The normalized spacial score (nSPS) is 11.8. The maximum atomic E-state index is 12.0. The largest absolute Gasteiger partial charge is 0.383 e. The van der Waals surface area contributed by atoms with Crippen molar-refractivity contribution in [2.75, 3.05) is 20.3 Å². The molecular weight excluding hydrogens is 292 g/mol. The van der Waals surface area contributed by atoms with Gasteiger partial charge >= 0.3 is 0 Å². The van der Waals surface area contributed by atoms with Gasteiger partial charge in [-0.25, -0.2) is 0 Å². The third-order valence-corrected chi connectivity index (χ3v) is 3.37. The highest BCUT2D eigenvalue weighted by Crippen LogP contribution is 2.13. The third-order valence-electron chi connectivity index (χ3n) is 3.12. The highest BCUT2D eigenvalue weighted by molar-refractivity contribution is 6.30. The van der Waals surface area contributed by atoms with Gasteiger partial charge in [-0.05, 0) is 24.6 Å². The average Bonchev–Trinajstić information content (AvgIpc) is 2.45. The van der Waals surface area contributed by atoms with Crippen molar-refractivity contribution >= 4 is 23.4 Å². The molecule has 0 heterocycles. The molecule has 0 radical (unpaired) electrons. The molecule has 6 heteroatoms. The molecule has 0 aliphatic carbocycles. The number of rotatable bonds is 7. The highest BCUT2D eigenvalue weighted by Gasteiger charge is 2.23. The molecule has 1 N–H and O–H groups in total. The zero-order valence-electron chi connectivity index (χ0n) is 12.6. The van der Waals surface area contributed by atoms with Crippen LogP contribution < -0.4 is 5.32 Å². The number of nitrogens with zero attached hydrogens (tertiary/aromatic N) is 1. The minimum absolute atomic E-state index is 0.153. The molecule has 116 valence electrons. The van der Waals surface area contributed by atoms with E-state index >= 15 is 0 Å². The van der Waals surface area contributed by atoms with E-state index in [0.29, 0.717) is 24.7 Å². The van der Waals surface area contributed by atoms with E-state index in [1.54, 1.807) is 26.2 Å². The Bertz CT molecular complexity index is 476. The second-order valence-corrected chi connectivity index (χ2v) is 5.17. The molecule has 0 spiro atoms. The lowest BCUT2D eigenvalue weighted by Crippen LogP contribution is -2.47. The number of benzene rings is 1. The molecule has 0 fully saturated rings. The van der Waals surface area contributed by atoms with E-state index in [2.05, 4.69) is 5.32 Å². The first-order valence-corrected chi connectivity index (χ1v) is 7.11. The molecule has 0 saturated heterocycles. The van der Waals surface area contributed by atoms with Gasteiger partial charge in [0.15, 0.2) is 0 Å². The topological polar surface area (TPSA) is 58.6 Å². The maximum absolute atomic E-state index is 12.0. The van der Waals surface area contributed by atoms with Crippen LogP contribution in [0.5, 0.6) is 0 Å². The summed E-state index contributed by atoms with van der Waals surface area (Å²) in [5.41, 5.74) is 0.922. The van der Waals surface area contributed by atoms with Crippen LogP contribution in [0, 0.1) is 0 Å². The van der Waals surface area contributed by atoms with Crippen LogP contribution in [0.15, 0.2) is 24.3 Å². The third kappa shape index (κ3) is 5.73. The van der Waals surface area contributed by atoms with Gasteiger partial charge in [-0.2, -0.15) is 0 Å². The van der Waals surface area contributed by atoms with Gasteiger partial charge in [0.25, 0.3) is 0 Å². The van der Waals surface area contributed by atoms with Gasteiger partial charge < -0.3 is 15.0 Å². The van der Waals surface area contributed by atoms with Crippen LogP contribution >= 0.6 is 11.6 Å². The quantitative estimate of drug-likeness (QED) is 0.782. The molecular formula is C15H21ClN2O3. The Morgan fingerprint density at radius 2 is 1.95 bits per heavy atom. The zero-order chi connectivity index (χ0) is 15.8. The number of halogens is 1. The van der Waals surface area contributed by atoms with Gasteiger partial charge in [0.05, 0.1) is 6.61 Å². The van der Waals surface area contributed by atoms with Gasteiger partial charge in [-0.1, -0.05) is 23.7 Å². The summed E-state index contributed by atoms with van der Waals surface area (Å²) in [7, 11) is 1.57. The Morgan fingerprint density at radius 1 is 1.33 bits per heavy atom. The van der Waals surface area contributed by atoms with Crippen LogP contribution in [-0.4, -0.2) is 43.0 Å². The fourth-order valence-corrected chi connectivity index (χ4v) is 2.00. The number of amides is 2. The molecule has 2 amide bonds. The molecule has 1 aromatic rings. The highest BCUT2D eigenvalue weighted by atomic mass is 35.5. The molecule has 0 aliphatic heterocycles. The number of hydrogen-bond donors (Lipinski definition) is 1. The van der Waals surface area contributed by atoms with Gasteiger partial charge in [-0.3, -0.25) is 9.59 Å². The summed E-state index contributed by atoms with van der Waals surface area (Å²) in [5.74, 6) is -0.351. The molecule has 0 unspecified atom stereocenters. The van der Waals surface area contributed by atoms with Crippen molar-refractivity contribution in [2.24, 2.45) is 0 Å². The molecule has 0 bridgehead atoms. The Morgan fingerprint density at radius 3 is 2.48 bits per heavy atom. The van der Waals surface area contributed by atoms with Crippen LogP contribution in [-0.2, 0) is 20.9 Å². The van der Waals surface area contributed by atoms with Crippen molar-refractivity contribution < 1.29 is 14.3 Å². The van der Waals surface area contributed by atoms with Crippen LogP contribution in [0.1, 0.15) is 19.4 Å². The smallest absolute Gasteiger partial charge is 0.242 e. The first-order valence-electron chi connectivity index (χ1n) is 6.74.